The Labute approximate surface area is 114 Å². The fourth-order valence-electron chi connectivity index (χ4n) is 2.60. The van der Waals surface area contributed by atoms with E-state index in [0.29, 0.717) is 12.2 Å². The second-order valence-corrected chi connectivity index (χ2v) is 7.48. The van der Waals surface area contributed by atoms with Crippen LogP contribution in [0.4, 0.5) is 0 Å². The Hall–Kier alpha value is -0.850. The van der Waals surface area contributed by atoms with E-state index in [1.165, 1.54) is 31.5 Å². The van der Waals surface area contributed by atoms with Gasteiger partial charge in [-0.05, 0) is 24.3 Å². The van der Waals surface area contributed by atoms with Crippen LogP contribution in [0.2, 0.25) is 0 Å². The van der Waals surface area contributed by atoms with Gasteiger partial charge in [0.2, 0.25) is 10.0 Å². The zero-order valence-electron chi connectivity index (χ0n) is 11.3. The van der Waals surface area contributed by atoms with Crippen molar-refractivity contribution >= 4 is 10.0 Å². The minimum atomic E-state index is -3.48. The highest BCUT2D eigenvalue weighted by atomic mass is 32.2. The number of aliphatic hydroxyl groups is 1. The first-order valence-electron chi connectivity index (χ1n) is 6.73. The fourth-order valence-corrected chi connectivity index (χ4v) is 3.82. The molecule has 0 unspecified atom stereocenters. The Balaban J connectivity index is 2.01. The number of hydrogen-bond acceptors (Lipinski definition) is 3. The summed E-state index contributed by atoms with van der Waals surface area (Å²) in [4.78, 5) is 2.93. The van der Waals surface area contributed by atoms with E-state index in [2.05, 4.69) is 16.6 Å². The normalized spacial score (nSPS) is 19.5. The molecule has 2 rings (SSSR count). The molecule has 0 aliphatic heterocycles. The van der Waals surface area contributed by atoms with Crippen LogP contribution in [0.1, 0.15) is 44.7 Å². The topological polar surface area (TPSA) is 82.2 Å². The minimum absolute atomic E-state index is 0.0709. The zero-order chi connectivity index (χ0) is 13.9. The van der Waals surface area contributed by atoms with Crippen molar-refractivity contribution in [3.8, 4) is 0 Å². The number of sulfonamides is 1. The smallest absolute Gasteiger partial charge is 0.242 e. The van der Waals surface area contributed by atoms with Crippen molar-refractivity contribution in [3.63, 3.8) is 0 Å². The Morgan fingerprint density at radius 3 is 2.63 bits per heavy atom. The van der Waals surface area contributed by atoms with Crippen molar-refractivity contribution in [3.05, 3.63) is 18.0 Å². The number of rotatable bonds is 5. The summed E-state index contributed by atoms with van der Waals surface area (Å²) in [6, 6.07) is 1.46. The predicted octanol–water partition coefficient (Wildman–Crippen LogP) is 1.76. The number of aliphatic hydroxyl groups excluding tert-OH is 1. The van der Waals surface area contributed by atoms with Gasteiger partial charge in [-0.25, -0.2) is 13.1 Å². The molecule has 3 N–H and O–H groups in total. The third-order valence-electron chi connectivity index (χ3n) is 3.95. The molecule has 1 aromatic heterocycles. The average molecular weight is 286 g/mol. The molecule has 108 valence electrons. The summed E-state index contributed by atoms with van der Waals surface area (Å²) in [5, 5.41) is 8.94. The molecule has 0 amide bonds. The fraction of sp³-hybridized carbons (Fsp3) is 0.692. The van der Waals surface area contributed by atoms with Gasteiger partial charge in [-0.1, -0.05) is 26.2 Å². The van der Waals surface area contributed by atoms with Gasteiger partial charge in [0, 0.05) is 18.4 Å². The highest BCUT2D eigenvalue weighted by molar-refractivity contribution is 7.89. The van der Waals surface area contributed by atoms with Crippen molar-refractivity contribution in [1.29, 1.82) is 0 Å². The SMILES string of the molecule is CC1(CNS(=O)(=O)c2c[nH]c(CO)c2)CCCCC1. The van der Waals surface area contributed by atoms with Crippen LogP contribution >= 0.6 is 0 Å². The van der Waals surface area contributed by atoms with E-state index in [1.54, 1.807) is 0 Å². The molecule has 0 radical (unpaired) electrons. The predicted molar refractivity (Wildman–Crippen MR) is 73.1 cm³/mol. The maximum Gasteiger partial charge on any atom is 0.242 e. The lowest BCUT2D eigenvalue weighted by Gasteiger charge is -2.33. The summed E-state index contributed by atoms with van der Waals surface area (Å²) in [6.07, 6.45) is 7.17. The minimum Gasteiger partial charge on any atom is -0.390 e. The van der Waals surface area contributed by atoms with Crippen LogP contribution in [-0.2, 0) is 16.6 Å². The molecule has 19 heavy (non-hydrogen) atoms. The van der Waals surface area contributed by atoms with Crippen LogP contribution in [0.15, 0.2) is 17.2 Å². The molecule has 0 atom stereocenters. The third kappa shape index (κ3) is 3.58. The highest BCUT2D eigenvalue weighted by Crippen LogP contribution is 2.35. The largest absolute Gasteiger partial charge is 0.390 e. The molecular weight excluding hydrogens is 264 g/mol. The third-order valence-corrected chi connectivity index (χ3v) is 5.33. The van der Waals surface area contributed by atoms with Crippen LogP contribution in [-0.4, -0.2) is 25.1 Å². The first-order chi connectivity index (χ1) is 8.95. The van der Waals surface area contributed by atoms with E-state index in [1.807, 2.05) is 0 Å². The Morgan fingerprint density at radius 1 is 1.37 bits per heavy atom. The number of nitrogens with one attached hydrogen (secondary N) is 2. The first kappa shape index (κ1) is 14.6. The van der Waals surface area contributed by atoms with Crippen molar-refractivity contribution in [1.82, 2.24) is 9.71 Å². The summed E-state index contributed by atoms with van der Waals surface area (Å²) < 4.78 is 27.0. The molecule has 1 aliphatic carbocycles. The van der Waals surface area contributed by atoms with Crippen LogP contribution in [0, 0.1) is 5.41 Å². The van der Waals surface area contributed by atoms with Gasteiger partial charge < -0.3 is 10.1 Å². The summed E-state index contributed by atoms with van der Waals surface area (Å²) in [5.74, 6) is 0. The van der Waals surface area contributed by atoms with Crippen LogP contribution in [0.5, 0.6) is 0 Å². The van der Waals surface area contributed by atoms with Gasteiger partial charge in [0.05, 0.1) is 11.5 Å². The van der Waals surface area contributed by atoms with E-state index in [9.17, 15) is 8.42 Å². The summed E-state index contributed by atoms with van der Waals surface area (Å²) in [6.45, 7) is 2.44. The van der Waals surface area contributed by atoms with E-state index in [0.717, 1.165) is 12.8 Å². The molecule has 0 bridgehead atoms. The van der Waals surface area contributed by atoms with Crippen LogP contribution < -0.4 is 4.72 Å². The first-order valence-corrected chi connectivity index (χ1v) is 8.21. The van der Waals surface area contributed by atoms with E-state index in [4.69, 9.17) is 5.11 Å². The molecule has 1 heterocycles. The lowest BCUT2D eigenvalue weighted by molar-refractivity contribution is 0.219. The Morgan fingerprint density at radius 2 is 2.05 bits per heavy atom. The average Bonchev–Trinajstić information content (AvgIpc) is 2.87. The van der Waals surface area contributed by atoms with E-state index < -0.39 is 10.0 Å². The Kier molecular flexibility index (Phi) is 4.32. The second kappa shape index (κ2) is 5.64. The number of aromatic amines is 1. The number of hydrogen-bond donors (Lipinski definition) is 3. The van der Waals surface area contributed by atoms with Gasteiger partial charge in [0.1, 0.15) is 0 Å². The lowest BCUT2D eigenvalue weighted by atomic mass is 9.76. The van der Waals surface area contributed by atoms with Crippen molar-refractivity contribution in [2.45, 2.75) is 50.5 Å². The van der Waals surface area contributed by atoms with Gasteiger partial charge in [-0.15, -0.1) is 0 Å². The van der Waals surface area contributed by atoms with E-state index >= 15 is 0 Å². The standard InChI is InChI=1S/C13H22N2O3S/c1-13(5-3-2-4-6-13)10-15-19(17,18)12-7-11(9-16)14-8-12/h7-8,14-16H,2-6,9-10H2,1H3. The van der Waals surface area contributed by atoms with Gasteiger partial charge in [-0.3, -0.25) is 0 Å². The quantitative estimate of drug-likeness (QED) is 0.771. The number of H-pyrrole nitrogens is 1. The molecule has 0 aromatic carbocycles. The molecule has 1 aliphatic rings. The zero-order valence-corrected chi connectivity index (χ0v) is 12.1. The molecular formula is C13H22N2O3S. The van der Waals surface area contributed by atoms with Crippen molar-refractivity contribution in [2.24, 2.45) is 5.41 Å². The molecule has 0 saturated heterocycles. The number of aromatic nitrogens is 1. The molecule has 1 fully saturated rings. The molecule has 1 aromatic rings. The van der Waals surface area contributed by atoms with Crippen LogP contribution in [0.3, 0.4) is 0 Å². The highest BCUT2D eigenvalue weighted by Gasteiger charge is 2.28. The molecule has 0 spiro atoms. The molecule has 5 nitrogen and oxygen atoms in total. The lowest BCUT2D eigenvalue weighted by Crippen LogP contribution is -2.36. The van der Waals surface area contributed by atoms with Gasteiger partial charge >= 0.3 is 0 Å². The van der Waals surface area contributed by atoms with Crippen LogP contribution in [0.25, 0.3) is 0 Å². The maximum atomic E-state index is 12.1. The Bertz CT molecular complexity index is 516. The maximum absolute atomic E-state index is 12.1. The molecule has 6 heteroatoms. The summed E-state index contributed by atoms with van der Waals surface area (Å²) >= 11 is 0. The molecule has 1 saturated carbocycles. The van der Waals surface area contributed by atoms with Gasteiger partial charge in [0.25, 0.3) is 0 Å². The van der Waals surface area contributed by atoms with Gasteiger partial charge in [0.15, 0.2) is 0 Å². The second-order valence-electron chi connectivity index (χ2n) is 5.71. The van der Waals surface area contributed by atoms with Gasteiger partial charge in [-0.2, -0.15) is 0 Å². The van der Waals surface area contributed by atoms with Crippen molar-refractivity contribution in [2.75, 3.05) is 6.54 Å². The van der Waals surface area contributed by atoms with E-state index in [-0.39, 0.29) is 16.9 Å². The summed E-state index contributed by atoms with van der Waals surface area (Å²) in [7, 11) is -3.48. The summed E-state index contributed by atoms with van der Waals surface area (Å²) in [5.41, 5.74) is 0.575. The monoisotopic (exact) mass is 286 g/mol. The van der Waals surface area contributed by atoms with Crippen molar-refractivity contribution < 1.29 is 13.5 Å².